The predicted molar refractivity (Wildman–Crippen MR) is 125 cm³/mol. The van der Waals surface area contributed by atoms with E-state index in [1.165, 1.54) is 23.7 Å². The predicted octanol–water partition coefficient (Wildman–Crippen LogP) is 3.06. The summed E-state index contributed by atoms with van der Waals surface area (Å²) in [5, 5.41) is 3.66. The van der Waals surface area contributed by atoms with Crippen molar-refractivity contribution in [2.45, 2.75) is 38.8 Å². The molecule has 1 atom stereocenters. The lowest BCUT2D eigenvalue weighted by molar-refractivity contribution is -0.121. The molecule has 2 aromatic carbocycles. The van der Waals surface area contributed by atoms with Gasteiger partial charge >= 0.3 is 0 Å². The van der Waals surface area contributed by atoms with Gasteiger partial charge in [0.05, 0.1) is 30.4 Å². The molecule has 1 amide bonds. The number of nitrogens with zero attached hydrogens (tertiary/aromatic N) is 3. The van der Waals surface area contributed by atoms with Crippen LogP contribution in [-0.4, -0.2) is 47.1 Å². The summed E-state index contributed by atoms with van der Waals surface area (Å²) in [7, 11) is 1.66. The molecule has 168 valence electrons. The Balaban J connectivity index is 1.41. The van der Waals surface area contributed by atoms with Crippen molar-refractivity contribution in [2.75, 3.05) is 26.7 Å². The van der Waals surface area contributed by atoms with E-state index in [0.717, 1.165) is 30.0 Å². The van der Waals surface area contributed by atoms with Gasteiger partial charge in [-0.2, -0.15) is 0 Å². The minimum absolute atomic E-state index is 0.0756. The van der Waals surface area contributed by atoms with E-state index in [9.17, 15) is 9.59 Å². The number of aromatic nitrogens is 2. The summed E-state index contributed by atoms with van der Waals surface area (Å²) in [5.41, 5.74) is 2.70. The number of rotatable bonds is 8. The van der Waals surface area contributed by atoms with Crippen LogP contribution in [0.4, 0.5) is 0 Å². The molecule has 1 N–H and O–H groups in total. The second kappa shape index (κ2) is 9.96. The van der Waals surface area contributed by atoms with Crippen LogP contribution in [0, 0.1) is 6.92 Å². The Hall–Kier alpha value is -3.19. The van der Waals surface area contributed by atoms with Crippen molar-refractivity contribution < 1.29 is 9.53 Å². The molecule has 1 aliphatic heterocycles. The molecule has 4 rings (SSSR count). The Morgan fingerprint density at radius 3 is 2.75 bits per heavy atom. The number of aryl methyl sites for hydroxylation is 2. The first-order chi connectivity index (χ1) is 15.6. The van der Waals surface area contributed by atoms with Crippen molar-refractivity contribution in [3.63, 3.8) is 0 Å². The molecule has 2 heterocycles. The summed E-state index contributed by atoms with van der Waals surface area (Å²) < 4.78 is 6.90. The third kappa shape index (κ3) is 4.83. The van der Waals surface area contributed by atoms with Crippen LogP contribution in [0.5, 0.6) is 5.75 Å². The highest BCUT2D eigenvalue weighted by Crippen LogP contribution is 2.27. The zero-order valence-corrected chi connectivity index (χ0v) is 18.7. The van der Waals surface area contributed by atoms with Gasteiger partial charge in [-0.1, -0.05) is 24.3 Å². The minimum Gasteiger partial charge on any atom is -0.497 e. The Bertz CT molecular complexity index is 1150. The molecule has 0 aliphatic carbocycles. The maximum Gasteiger partial charge on any atom is 0.261 e. The van der Waals surface area contributed by atoms with Crippen LogP contribution in [0.25, 0.3) is 10.9 Å². The van der Waals surface area contributed by atoms with Gasteiger partial charge in [0.2, 0.25) is 5.91 Å². The summed E-state index contributed by atoms with van der Waals surface area (Å²) >= 11 is 0. The lowest BCUT2D eigenvalue weighted by atomic mass is 10.0. The third-order valence-corrected chi connectivity index (χ3v) is 6.19. The topological polar surface area (TPSA) is 76.5 Å². The van der Waals surface area contributed by atoms with Crippen molar-refractivity contribution in [1.29, 1.82) is 0 Å². The Labute approximate surface area is 188 Å². The standard InChI is InChI=1S/C25H30N4O3/c1-18-7-5-10-21-24(18)27-17-29(25(21)31)14-11-23(30)26-16-22(28-12-3-4-13-28)19-8-6-9-20(15-19)32-2/h5-10,15,17,22H,3-4,11-14,16H2,1-2H3,(H,26,30). The van der Waals surface area contributed by atoms with Crippen LogP contribution in [-0.2, 0) is 11.3 Å². The van der Waals surface area contributed by atoms with Crippen molar-refractivity contribution in [3.05, 3.63) is 70.3 Å². The number of fused-ring (bicyclic) bond motifs is 1. The summed E-state index contributed by atoms with van der Waals surface area (Å²) in [4.78, 5) is 32.2. The number of benzene rings is 2. The van der Waals surface area contributed by atoms with Crippen LogP contribution in [0.1, 0.15) is 36.4 Å². The molecule has 1 saturated heterocycles. The number of carbonyl (C=O) groups is 1. The van der Waals surface area contributed by atoms with Gasteiger partial charge in [0.25, 0.3) is 5.56 Å². The molecule has 1 aromatic heterocycles. The zero-order chi connectivity index (χ0) is 22.5. The molecule has 7 nitrogen and oxygen atoms in total. The zero-order valence-electron chi connectivity index (χ0n) is 18.7. The second-order valence-corrected chi connectivity index (χ2v) is 8.30. The number of nitrogens with one attached hydrogen (secondary N) is 1. The van der Waals surface area contributed by atoms with Gasteiger partial charge in [-0.25, -0.2) is 4.98 Å². The van der Waals surface area contributed by atoms with Crippen LogP contribution in [0.3, 0.4) is 0 Å². The largest absolute Gasteiger partial charge is 0.497 e. The monoisotopic (exact) mass is 434 g/mol. The maximum atomic E-state index is 12.8. The molecule has 0 saturated carbocycles. The normalized spacial score (nSPS) is 15.1. The smallest absolute Gasteiger partial charge is 0.261 e. The van der Waals surface area contributed by atoms with E-state index >= 15 is 0 Å². The highest BCUT2D eigenvalue weighted by atomic mass is 16.5. The van der Waals surface area contributed by atoms with E-state index in [0.29, 0.717) is 24.0 Å². The average molecular weight is 435 g/mol. The van der Waals surface area contributed by atoms with Crippen LogP contribution in [0.2, 0.25) is 0 Å². The number of likely N-dealkylation sites (tertiary alicyclic amines) is 1. The summed E-state index contributed by atoms with van der Waals surface area (Å²) in [6.45, 7) is 4.81. The number of para-hydroxylation sites is 1. The second-order valence-electron chi connectivity index (χ2n) is 8.30. The van der Waals surface area contributed by atoms with E-state index in [4.69, 9.17) is 4.74 Å². The summed E-state index contributed by atoms with van der Waals surface area (Å²) in [5.74, 6) is 0.741. The van der Waals surface area contributed by atoms with Gasteiger partial charge < -0.3 is 10.1 Å². The Kier molecular flexibility index (Phi) is 6.85. The van der Waals surface area contributed by atoms with Crippen molar-refractivity contribution >= 4 is 16.8 Å². The molecule has 0 radical (unpaired) electrons. The first kappa shape index (κ1) is 22.0. The van der Waals surface area contributed by atoms with Gasteiger partial charge in [0.1, 0.15) is 5.75 Å². The Morgan fingerprint density at radius 1 is 1.19 bits per heavy atom. The minimum atomic E-state index is -0.113. The lowest BCUT2D eigenvalue weighted by Gasteiger charge is -2.28. The number of carbonyl (C=O) groups excluding carboxylic acids is 1. The number of hydrogen-bond acceptors (Lipinski definition) is 5. The molecule has 7 heteroatoms. The number of amides is 1. The molecule has 0 bridgehead atoms. The molecule has 1 unspecified atom stereocenters. The lowest BCUT2D eigenvalue weighted by Crippen LogP contribution is -2.37. The highest BCUT2D eigenvalue weighted by Gasteiger charge is 2.24. The molecular weight excluding hydrogens is 404 g/mol. The molecule has 0 spiro atoms. The SMILES string of the molecule is COc1cccc(C(CNC(=O)CCn2cnc3c(C)cccc3c2=O)N2CCCC2)c1. The molecule has 3 aromatic rings. The Morgan fingerprint density at radius 2 is 1.97 bits per heavy atom. The van der Waals surface area contributed by atoms with Crippen LogP contribution in [0.15, 0.2) is 53.6 Å². The van der Waals surface area contributed by atoms with Gasteiger partial charge in [-0.15, -0.1) is 0 Å². The summed E-state index contributed by atoms with van der Waals surface area (Å²) in [6, 6.07) is 13.7. The quantitative estimate of drug-likeness (QED) is 0.590. The highest BCUT2D eigenvalue weighted by molar-refractivity contribution is 5.80. The van der Waals surface area contributed by atoms with Crippen LogP contribution >= 0.6 is 0 Å². The summed E-state index contributed by atoms with van der Waals surface area (Å²) in [6.07, 6.45) is 4.11. The molecular formula is C25H30N4O3. The first-order valence-corrected chi connectivity index (χ1v) is 11.2. The van der Waals surface area contributed by atoms with E-state index in [1.807, 2.05) is 37.3 Å². The van der Waals surface area contributed by atoms with Crippen molar-refractivity contribution in [1.82, 2.24) is 19.8 Å². The third-order valence-electron chi connectivity index (χ3n) is 6.19. The fraction of sp³-hybridized carbons (Fsp3) is 0.400. The molecule has 1 fully saturated rings. The van der Waals surface area contributed by atoms with Crippen LogP contribution < -0.4 is 15.6 Å². The maximum absolute atomic E-state index is 12.8. The van der Waals surface area contributed by atoms with Gasteiger partial charge in [0.15, 0.2) is 0 Å². The fourth-order valence-corrected chi connectivity index (χ4v) is 4.38. The number of methoxy groups -OCH3 is 1. The fourth-order valence-electron chi connectivity index (χ4n) is 4.38. The van der Waals surface area contributed by atoms with Crippen molar-refractivity contribution in [2.24, 2.45) is 0 Å². The average Bonchev–Trinajstić information content (AvgIpc) is 3.34. The van der Waals surface area contributed by atoms with Gasteiger partial charge in [-0.3, -0.25) is 19.1 Å². The first-order valence-electron chi connectivity index (χ1n) is 11.2. The van der Waals surface area contributed by atoms with E-state index in [-0.39, 0.29) is 23.9 Å². The van der Waals surface area contributed by atoms with E-state index in [1.54, 1.807) is 13.2 Å². The molecule has 32 heavy (non-hydrogen) atoms. The van der Waals surface area contributed by atoms with E-state index < -0.39 is 0 Å². The number of hydrogen-bond donors (Lipinski definition) is 1. The number of ether oxygens (including phenoxy) is 1. The van der Waals surface area contributed by atoms with Crippen molar-refractivity contribution in [3.8, 4) is 5.75 Å². The van der Waals surface area contributed by atoms with Gasteiger partial charge in [0, 0.05) is 19.5 Å². The van der Waals surface area contributed by atoms with E-state index in [2.05, 4.69) is 21.3 Å². The molecule has 1 aliphatic rings. The van der Waals surface area contributed by atoms with Gasteiger partial charge in [-0.05, 0) is 62.2 Å².